The van der Waals surface area contributed by atoms with Crippen molar-refractivity contribution in [1.29, 1.82) is 0 Å². The SMILES string of the molecule is O=C(O)CCCCC(=O)Nc1ccc(F)c(F)c1. The predicted molar refractivity (Wildman–Crippen MR) is 61.1 cm³/mol. The van der Waals surface area contributed by atoms with E-state index in [4.69, 9.17) is 5.11 Å². The zero-order valence-electron chi connectivity index (χ0n) is 9.58. The topological polar surface area (TPSA) is 66.4 Å². The second-order valence-corrected chi connectivity index (χ2v) is 3.78. The van der Waals surface area contributed by atoms with Gasteiger partial charge in [-0.2, -0.15) is 0 Å². The number of hydrogen-bond acceptors (Lipinski definition) is 2. The number of carboxylic acids is 1. The summed E-state index contributed by atoms with van der Waals surface area (Å²) in [4.78, 5) is 21.6. The van der Waals surface area contributed by atoms with Crippen LogP contribution in [-0.2, 0) is 9.59 Å². The number of rotatable bonds is 6. The molecule has 0 heterocycles. The maximum absolute atomic E-state index is 12.8. The third-order valence-corrected chi connectivity index (χ3v) is 2.25. The van der Waals surface area contributed by atoms with Crippen LogP contribution in [0, 0.1) is 11.6 Å². The van der Waals surface area contributed by atoms with Crippen LogP contribution in [0.1, 0.15) is 25.7 Å². The van der Waals surface area contributed by atoms with E-state index in [9.17, 15) is 18.4 Å². The molecule has 0 unspecified atom stereocenters. The Morgan fingerprint density at radius 3 is 2.39 bits per heavy atom. The van der Waals surface area contributed by atoms with Gasteiger partial charge in [-0.05, 0) is 25.0 Å². The molecule has 0 atom stereocenters. The third-order valence-electron chi connectivity index (χ3n) is 2.25. The first kappa shape index (κ1) is 14.1. The van der Waals surface area contributed by atoms with E-state index >= 15 is 0 Å². The molecule has 18 heavy (non-hydrogen) atoms. The minimum Gasteiger partial charge on any atom is -0.481 e. The molecule has 0 saturated heterocycles. The van der Waals surface area contributed by atoms with Crippen LogP contribution < -0.4 is 5.32 Å². The molecule has 0 aliphatic carbocycles. The molecule has 0 saturated carbocycles. The summed E-state index contributed by atoms with van der Waals surface area (Å²) in [5.41, 5.74) is 0.178. The Balaban J connectivity index is 2.35. The van der Waals surface area contributed by atoms with Gasteiger partial charge in [0.15, 0.2) is 11.6 Å². The number of carboxylic acid groups (broad SMARTS) is 1. The normalized spacial score (nSPS) is 10.1. The van der Waals surface area contributed by atoms with E-state index in [0.717, 1.165) is 12.1 Å². The molecule has 1 aromatic carbocycles. The van der Waals surface area contributed by atoms with Gasteiger partial charge in [0.1, 0.15) is 0 Å². The number of aliphatic carboxylic acids is 1. The van der Waals surface area contributed by atoms with Crippen molar-refractivity contribution in [3.8, 4) is 0 Å². The van der Waals surface area contributed by atoms with E-state index in [1.165, 1.54) is 6.07 Å². The fourth-order valence-electron chi connectivity index (χ4n) is 1.36. The first-order valence-electron chi connectivity index (χ1n) is 5.45. The van der Waals surface area contributed by atoms with Crippen LogP contribution in [0.25, 0.3) is 0 Å². The fourth-order valence-corrected chi connectivity index (χ4v) is 1.36. The molecule has 4 nitrogen and oxygen atoms in total. The molecule has 0 bridgehead atoms. The Morgan fingerprint density at radius 2 is 1.78 bits per heavy atom. The predicted octanol–water partition coefficient (Wildman–Crippen LogP) is 2.55. The van der Waals surface area contributed by atoms with Gasteiger partial charge in [-0.3, -0.25) is 9.59 Å². The Kier molecular flexibility index (Phi) is 5.23. The minimum atomic E-state index is -1.03. The molecule has 0 fully saturated rings. The smallest absolute Gasteiger partial charge is 0.303 e. The van der Waals surface area contributed by atoms with Gasteiger partial charge in [0.2, 0.25) is 5.91 Å². The number of nitrogens with one attached hydrogen (secondary N) is 1. The number of anilines is 1. The number of halogens is 2. The summed E-state index contributed by atoms with van der Waals surface area (Å²) < 4.78 is 25.5. The first-order chi connectivity index (χ1) is 8.49. The van der Waals surface area contributed by atoms with Crippen molar-refractivity contribution in [1.82, 2.24) is 0 Å². The molecule has 1 aromatic rings. The van der Waals surface area contributed by atoms with E-state index in [2.05, 4.69) is 5.32 Å². The molecule has 1 amide bonds. The lowest BCUT2D eigenvalue weighted by atomic mass is 10.2. The molecule has 6 heteroatoms. The highest BCUT2D eigenvalue weighted by atomic mass is 19.2. The lowest BCUT2D eigenvalue weighted by Crippen LogP contribution is -2.11. The monoisotopic (exact) mass is 257 g/mol. The minimum absolute atomic E-state index is 0.0124. The fraction of sp³-hybridized carbons (Fsp3) is 0.333. The van der Waals surface area contributed by atoms with Crippen LogP contribution in [0.5, 0.6) is 0 Å². The van der Waals surface area contributed by atoms with Crippen molar-refractivity contribution in [3.05, 3.63) is 29.8 Å². The Hall–Kier alpha value is -1.98. The maximum atomic E-state index is 12.8. The van der Waals surface area contributed by atoms with E-state index < -0.39 is 17.6 Å². The molecule has 0 radical (unpaired) electrons. The maximum Gasteiger partial charge on any atom is 0.303 e. The Morgan fingerprint density at radius 1 is 1.11 bits per heavy atom. The van der Waals surface area contributed by atoms with Crippen molar-refractivity contribution < 1.29 is 23.5 Å². The summed E-state index contributed by atoms with van der Waals surface area (Å²) in [6, 6.07) is 3.08. The van der Waals surface area contributed by atoms with Gasteiger partial charge in [-0.15, -0.1) is 0 Å². The second-order valence-electron chi connectivity index (χ2n) is 3.78. The zero-order chi connectivity index (χ0) is 13.5. The quantitative estimate of drug-likeness (QED) is 0.769. The standard InChI is InChI=1S/C12H13F2NO3/c13-9-6-5-8(7-10(9)14)15-11(16)3-1-2-4-12(17)18/h5-7H,1-4H2,(H,15,16)(H,17,18). The van der Waals surface area contributed by atoms with Crippen LogP contribution >= 0.6 is 0 Å². The number of unbranched alkanes of at least 4 members (excludes halogenated alkanes) is 1. The van der Waals surface area contributed by atoms with Crippen molar-refractivity contribution in [2.24, 2.45) is 0 Å². The average molecular weight is 257 g/mol. The van der Waals surface area contributed by atoms with Gasteiger partial charge in [0.25, 0.3) is 0 Å². The average Bonchev–Trinajstić information content (AvgIpc) is 2.29. The van der Waals surface area contributed by atoms with Crippen molar-refractivity contribution >= 4 is 17.6 Å². The van der Waals surface area contributed by atoms with Crippen LogP contribution in [0.2, 0.25) is 0 Å². The molecule has 98 valence electrons. The molecule has 0 aliphatic rings. The lowest BCUT2D eigenvalue weighted by Gasteiger charge is -2.05. The van der Waals surface area contributed by atoms with Gasteiger partial charge < -0.3 is 10.4 Å². The number of hydrogen-bond donors (Lipinski definition) is 2. The molecule has 0 spiro atoms. The van der Waals surface area contributed by atoms with Crippen LogP contribution in [-0.4, -0.2) is 17.0 Å². The van der Waals surface area contributed by atoms with Gasteiger partial charge in [0, 0.05) is 24.6 Å². The van der Waals surface area contributed by atoms with E-state index in [0.29, 0.717) is 12.8 Å². The summed E-state index contributed by atoms with van der Waals surface area (Å²) in [5.74, 6) is -3.27. The molecule has 0 aromatic heterocycles. The summed E-state index contributed by atoms with van der Waals surface area (Å²) in [5, 5.41) is 10.8. The highest BCUT2D eigenvalue weighted by Crippen LogP contribution is 2.13. The number of carbonyl (C=O) groups excluding carboxylic acids is 1. The van der Waals surface area contributed by atoms with Gasteiger partial charge in [-0.25, -0.2) is 8.78 Å². The van der Waals surface area contributed by atoms with Gasteiger partial charge in [0.05, 0.1) is 0 Å². The highest BCUT2D eigenvalue weighted by Gasteiger charge is 2.06. The van der Waals surface area contributed by atoms with Crippen molar-refractivity contribution in [3.63, 3.8) is 0 Å². The van der Waals surface area contributed by atoms with E-state index in [-0.39, 0.29) is 24.4 Å². The number of benzene rings is 1. The molecular weight excluding hydrogens is 244 g/mol. The highest BCUT2D eigenvalue weighted by molar-refractivity contribution is 5.90. The Bertz CT molecular complexity index is 449. The van der Waals surface area contributed by atoms with E-state index in [1.807, 2.05) is 0 Å². The van der Waals surface area contributed by atoms with Gasteiger partial charge >= 0.3 is 5.97 Å². The summed E-state index contributed by atoms with van der Waals surface area (Å²) >= 11 is 0. The van der Waals surface area contributed by atoms with Crippen molar-refractivity contribution in [2.45, 2.75) is 25.7 Å². The summed E-state index contributed by atoms with van der Waals surface area (Å²) in [6.45, 7) is 0. The summed E-state index contributed by atoms with van der Waals surface area (Å²) in [7, 11) is 0. The molecule has 2 N–H and O–H groups in total. The number of carbonyl (C=O) groups is 2. The first-order valence-corrected chi connectivity index (χ1v) is 5.45. The molecule has 0 aliphatic heterocycles. The second kappa shape index (κ2) is 6.68. The van der Waals surface area contributed by atoms with Crippen LogP contribution in [0.3, 0.4) is 0 Å². The zero-order valence-corrected chi connectivity index (χ0v) is 9.58. The summed E-state index contributed by atoms with van der Waals surface area (Å²) in [6.07, 6.45) is 0.993. The largest absolute Gasteiger partial charge is 0.481 e. The Labute approximate surface area is 103 Å². The van der Waals surface area contributed by atoms with Crippen LogP contribution in [0.4, 0.5) is 14.5 Å². The van der Waals surface area contributed by atoms with Crippen LogP contribution in [0.15, 0.2) is 18.2 Å². The van der Waals surface area contributed by atoms with E-state index in [1.54, 1.807) is 0 Å². The van der Waals surface area contributed by atoms with Gasteiger partial charge in [-0.1, -0.05) is 0 Å². The number of amides is 1. The lowest BCUT2D eigenvalue weighted by molar-refractivity contribution is -0.137. The molecular formula is C12H13F2NO3. The van der Waals surface area contributed by atoms with Crippen molar-refractivity contribution in [2.75, 3.05) is 5.32 Å². The molecule has 1 rings (SSSR count). The third kappa shape index (κ3) is 4.90.